The Hall–Kier alpha value is -2.17. The zero-order valence-corrected chi connectivity index (χ0v) is 7.77. The third-order valence-electron chi connectivity index (χ3n) is 2.42. The number of primary amides is 1. The minimum atomic E-state index is -0.510. The number of nitrogens with zero attached hydrogens (tertiary/aromatic N) is 1. The molecule has 0 unspecified atom stereocenters. The summed E-state index contributed by atoms with van der Waals surface area (Å²) in [5, 5.41) is 0.901. The maximum atomic E-state index is 11.1. The zero-order chi connectivity index (χ0) is 10.4. The van der Waals surface area contributed by atoms with Crippen LogP contribution in [-0.4, -0.2) is 17.4 Å². The summed E-state index contributed by atoms with van der Waals surface area (Å²) in [6, 6.07) is 4.88. The van der Waals surface area contributed by atoms with Gasteiger partial charge >= 0.3 is 6.03 Å². The normalized spacial score (nSPS) is 13.3. The largest absolute Gasteiger partial charge is 0.454 e. The standard InChI is InChI=1S/C10H8N2O3/c11-10(13)12-2-1-6-3-8-9(4-7(6)12)15-5-14-8/h1-4H,5H2,(H2,11,13). The fourth-order valence-corrected chi connectivity index (χ4v) is 1.72. The van der Waals surface area contributed by atoms with Crippen LogP contribution in [0.2, 0.25) is 0 Å². The smallest absolute Gasteiger partial charge is 0.323 e. The lowest BCUT2D eigenvalue weighted by molar-refractivity contribution is 0.174. The molecule has 3 rings (SSSR count). The predicted octanol–water partition coefficient (Wildman–Crippen LogP) is 1.30. The second-order valence-corrected chi connectivity index (χ2v) is 3.29. The molecule has 0 saturated heterocycles. The van der Waals surface area contributed by atoms with Gasteiger partial charge in [0.15, 0.2) is 11.5 Å². The monoisotopic (exact) mass is 204 g/mol. The van der Waals surface area contributed by atoms with Crippen molar-refractivity contribution in [2.24, 2.45) is 5.73 Å². The number of ether oxygens (including phenoxy) is 2. The highest BCUT2D eigenvalue weighted by atomic mass is 16.7. The van der Waals surface area contributed by atoms with Crippen LogP contribution in [0.4, 0.5) is 4.79 Å². The molecule has 5 nitrogen and oxygen atoms in total. The molecule has 1 aliphatic heterocycles. The molecule has 76 valence electrons. The number of aromatic nitrogens is 1. The summed E-state index contributed by atoms with van der Waals surface area (Å²) in [5.74, 6) is 1.34. The van der Waals surface area contributed by atoms with Gasteiger partial charge in [-0.05, 0) is 12.1 Å². The van der Waals surface area contributed by atoms with E-state index < -0.39 is 6.03 Å². The van der Waals surface area contributed by atoms with Crippen molar-refractivity contribution in [3.63, 3.8) is 0 Å². The van der Waals surface area contributed by atoms with E-state index in [-0.39, 0.29) is 6.79 Å². The Bertz CT molecular complexity index is 559. The first kappa shape index (κ1) is 8.16. The van der Waals surface area contributed by atoms with Gasteiger partial charge in [0.2, 0.25) is 6.79 Å². The zero-order valence-electron chi connectivity index (χ0n) is 7.77. The van der Waals surface area contributed by atoms with Crippen molar-refractivity contribution in [2.45, 2.75) is 0 Å². The number of hydrogen-bond donors (Lipinski definition) is 1. The lowest BCUT2D eigenvalue weighted by Crippen LogP contribution is -2.17. The molecule has 1 amide bonds. The number of rotatable bonds is 0. The summed E-state index contributed by atoms with van der Waals surface area (Å²) >= 11 is 0. The Morgan fingerprint density at radius 2 is 2.07 bits per heavy atom. The van der Waals surface area contributed by atoms with Gasteiger partial charge in [0.25, 0.3) is 0 Å². The number of carbonyl (C=O) groups is 1. The van der Waals surface area contributed by atoms with Gasteiger partial charge in [-0.1, -0.05) is 0 Å². The fourth-order valence-electron chi connectivity index (χ4n) is 1.72. The number of fused-ring (bicyclic) bond motifs is 2. The van der Waals surface area contributed by atoms with Crippen molar-refractivity contribution < 1.29 is 14.3 Å². The van der Waals surface area contributed by atoms with Gasteiger partial charge in [-0.3, -0.25) is 4.57 Å². The van der Waals surface area contributed by atoms with Gasteiger partial charge < -0.3 is 15.2 Å². The number of carbonyl (C=O) groups excluding carboxylic acids is 1. The maximum absolute atomic E-state index is 11.1. The van der Waals surface area contributed by atoms with E-state index in [1.165, 1.54) is 4.57 Å². The molecule has 0 radical (unpaired) electrons. The topological polar surface area (TPSA) is 66.5 Å². The summed E-state index contributed by atoms with van der Waals surface area (Å²) < 4.78 is 11.8. The maximum Gasteiger partial charge on any atom is 0.323 e. The van der Waals surface area contributed by atoms with Crippen molar-refractivity contribution in [3.8, 4) is 11.5 Å². The molecule has 1 aliphatic rings. The molecule has 0 saturated carbocycles. The molecule has 1 aromatic heterocycles. The average Bonchev–Trinajstić information content (AvgIpc) is 2.77. The first-order valence-electron chi connectivity index (χ1n) is 4.46. The molecular weight excluding hydrogens is 196 g/mol. The second-order valence-electron chi connectivity index (χ2n) is 3.29. The molecule has 0 atom stereocenters. The summed E-state index contributed by atoms with van der Waals surface area (Å²) in [6.45, 7) is 0.221. The van der Waals surface area contributed by atoms with E-state index in [1.54, 1.807) is 12.3 Å². The van der Waals surface area contributed by atoms with Crippen molar-refractivity contribution in [1.82, 2.24) is 4.57 Å². The van der Waals surface area contributed by atoms with Crippen molar-refractivity contribution in [3.05, 3.63) is 24.4 Å². The molecule has 1 aromatic carbocycles. The van der Waals surface area contributed by atoms with Crippen LogP contribution in [0.25, 0.3) is 10.9 Å². The third kappa shape index (κ3) is 1.06. The Kier molecular flexibility index (Phi) is 1.45. The highest BCUT2D eigenvalue weighted by molar-refractivity contribution is 5.92. The van der Waals surface area contributed by atoms with Gasteiger partial charge in [-0.15, -0.1) is 0 Å². The summed E-state index contributed by atoms with van der Waals surface area (Å²) in [6.07, 6.45) is 1.63. The number of hydrogen-bond acceptors (Lipinski definition) is 3. The Labute approximate surface area is 85.0 Å². The second kappa shape index (κ2) is 2.66. The van der Waals surface area contributed by atoms with Gasteiger partial charge in [0, 0.05) is 17.6 Å². The van der Waals surface area contributed by atoms with Crippen LogP contribution in [0, 0.1) is 0 Å². The molecule has 2 heterocycles. The van der Waals surface area contributed by atoms with Crippen LogP contribution in [0.15, 0.2) is 24.4 Å². The average molecular weight is 204 g/mol. The molecule has 5 heteroatoms. The van der Waals surface area contributed by atoms with Crippen LogP contribution in [0.5, 0.6) is 11.5 Å². The van der Waals surface area contributed by atoms with Crippen LogP contribution >= 0.6 is 0 Å². The minimum absolute atomic E-state index is 0.221. The van der Waals surface area contributed by atoms with E-state index >= 15 is 0 Å². The van der Waals surface area contributed by atoms with Crippen molar-refractivity contribution in [2.75, 3.05) is 6.79 Å². The molecule has 0 spiro atoms. The van der Waals surface area contributed by atoms with Gasteiger partial charge in [0.05, 0.1) is 5.52 Å². The first-order chi connectivity index (χ1) is 7.25. The summed E-state index contributed by atoms with van der Waals surface area (Å²) in [7, 11) is 0. The predicted molar refractivity (Wildman–Crippen MR) is 53.0 cm³/mol. The fraction of sp³-hybridized carbons (Fsp3) is 0.100. The summed E-state index contributed by atoms with van der Waals surface area (Å²) in [4.78, 5) is 11.1. The number of amides is 1. The molecule has 0 bridgehead atoms. The molecule has 0 fully saturated rings. The molecule has 2 N–H and O–H groups in total. The van der Waals surface area contributed by atoms with Crippen molar-refractivity contribution >= 4 is 16.9 Å². The lowest BCUT2D eigenvalue weighted by Gasteiger charge is -2.00. The SMILES string of the molecule is NC(=O)n1ccc2cc3c(cc21)OCO3. The van der Waals surface area contributed by atoms with Gasteiger partial charge in [-0.2, -0.15) is 0 Å². The minimum Gasteiger partial charge on any atom is -0.454 e. The number of benzene rings is 1. The Morgan fingerprint density at radius 1 is 1.33 bits per heavy atom. The van der Waals surface area contributed by atoms with E-state index in [1.807, 2.05) is 12.1 Å². The Morgan fingerprint density at radius 3 is 2.80 bits per heavy atom. The molecular formula is C10H8N2O3. The van der Waals surface area contributed by atoms with E-state index in [4.69, 9.17) is 15.2 Å². The highest BCUT2D eigenvalue weighted by Gasteiger charge is 2.16. The van der Waals surface area contributed by atoms with Crippen LogP contribution in [0.1, 0.15) is 0 Å². The molecule has 2 aromatic rings. The lowest BCUT2D eigenvalue weighted by atomic mass is 10.2. The first-order valence-corrected chi connectivity index (χ1v) is 4.46. The highest BCUT2D eigenvalue weighted by Crippen LogP contribution is 2.36. The Balaban J connectivity index is 2.31. The summed E-state index contributed by atoms with van der Waals surface area (Å²) in [5.41, 5.74) is 5.95. The van der Waals surface area contributed by atoms with Gasteiger partial charge in [-0.25, -0.2) is 4.79 Å². The van der Waals surface area contributed by atoms with E-state index in [9.17, 15) is 4.79 Å². The van der Waals surface area contributed by atoms with Crippen molar-refractivity contribution in [1.29, 1.82) is 0 Å². The van der Waals surface area contributed by atoms with Crippen LogP contribution in [0.3, 0.4) is 0 Å². The van der Waals surface area contributed by atoms with E-state index in [2.05, 4.69) is 0 Å². The van der Waals surface area contributed by atoms with Gasteiger partial charge in [0.1, 0.15) is 0 Å². The molecule has 0 aliphatic carbocycles. The number of nitrogens with two attached hydrogens (primary N) is 1. The third-order valence-corrected chi connectivity index (χ3v) is 2.42. The van der Waals surface area contributed by atoms with E-state index in [0.29, 0.717) is 11.5 Å². The quantitative estimate of drug-likeness (QED) is 0.703. The molecule has 15 heavy (non-hydrogen) atoms. The van der Waals surface area contributed by atoms with Crippen LogP contribution in [-0.2, 0) is 0 Å². The van der Waals surface area contributed by atoms with Crippen LogP contribution < -0.4 is 15.2 Å². The van der Waals surface area contributed by atoms with E-state index in [0.717, 1.165) is 10.9 Å².